The minimum atomic E-state index is -1.67. The molecule has 0 radical (unpaired) electrons. The van der Waals surface area contributed by atoms with E-state index < -0.39 is 141 Å². The Balaban J connectivity index is 0.000000613. The van der Waals surface area contributed by atoms with E-state index in [1.165, 1.54) is 19.6 Å². The van der Waals surface area contributed by atoms with Gasteiger partial charge in [0.15, 0.2) is 0 Å². The van der Waals surface area contributed by atoms with Crippen molar-refractivity contribution >= 4 is 81.9 Å². The molecular formula is C53H105B4N13O22. The summed E-state index contributed by atoms with van der Waals surface area (Å²) >= 11 is 0. The van der Waals surface area contributed by atoms with Crippen LogP contribution in [0.25, 0.3) is 0 Å². The van der Waals surface area contributed by atoms with Crippen molar-refractivity contribution in [3.8, 4) is 0 Å². The highest BCUT2D eigenvalue weighted by atomic mass is 16.4. The molecule has 13 atom stereocenters. The first kappa shape index (κ1) is 84.8. The second-order valence-electron chi connectivity index (χ2n) is 25.6. The van der Waals surface area contributed by atoms with Gasteiger partial charge in [0.2, 0.25) is 23.6 Å². The summed E-state index contributed by atoms with van der Waals surface area (Å²) in [4.78, 5) is 111. The number of rotatable bonds is 33. The van der Waals surface area contributed by atoms with Gasteiger partial charge in [-0.3, -0.25) is 43.2 Å². The van der Waals surface area contributed by atoms with Gasteiger partial charge in [-0.2, -0.15) is 0 Å². The SMILES string of the molecule is CC(C)C[C@H](N)C(=O)N1C[C@H](CCCB(O)O)[C@](N)(C(=O)O)C1.CC[C@H](C)[C@H](N)C(=O)N1C[C@H](CCCB(O)O)[C@](N)(C(=O)O)C1.NCCC[C@H](N)C(=O)N1C[C@H](CCCB(O)O)[C@](N)(C(=O)O)C1.N[C@@H](CC(=O)O)C(=O)N1C[C@H](CCCB(O)O)[C@](N)(C(=O)O)C1. The molecular weight excluding hydrogens is 1210 g/mol. The molecule has 4 saturated heterocycles. The molecule has 39 heteroatoms. The van der Waals surface area contributed by atoms with Crippen molar-refractivity contribution in [3.05, 3.63) is 0 Å². The van der Waals surface area contributed by atoms with E-state index in [0.29, 0.717) is 77.2 Å². The number of carboxylic acids is 5. The van der Waals surface area contributed by atoms with Crippen molar-refractivity contribution in [2.75, 3.05) is 58.9 Å². The van der Waals surface area contributed by atoms with Gasteiger partial charge in [0.1, 0.15) is 22.2 Å². The van der Waals surface area contributed by atoms with Crippen LogP contribution in [0.2, 0.25) is 25.3 Å². The molecule has 4 fully saturated rings. The highest BCUT2D eigenvalue weighted by Crippen LogP contribution is 2.35. The predicted octanol–water partition coefficient (Wildman–Crippen LogP) is -7.47. The monoisotopic (exact) mass is 1320 g/mol. The summed E-state index contributed by atoms with van der Waals surface area (Å²) < 4.78 is 0. The largest absolute Gasteiger partial charge is 0.481 e. The van der Waals surface area contributed by atoms with E-state index in [0.717, 1.165) is 6.42 Å². The molecule has 92 heavy (non-hydrogen) atoms. The summed E-state index contributed by atoms with van der Waals surface area (Å²) in [6.45, 7) is 8.39. The Morgan fingerprint density at radius 1 is 0.446 bits per heavy atom. The molecule has 35 nitrogen and oxygen atoms in total. The summed E-state index contributed by atoms with van der Waals surface area (Å²) in [5, 5.41) is 117. The third-order valence-electron chi connectivity index (χ3n) is 17.7. The molecule has 0 bridgehead atoms. The van der Waals surface area contributed by atoms with Gasteiger partial charge < -0.3 is 137 Å². The maximum Gasteiger partial charge on any atom is 0.451 e. The molecule has 31 N–H and O–H groups in total. The zero-order valence-electron chi connectivity index (χ0n) is 53.4. The number of hydrogen-bond donors (Lipinski definition) is 22. The van der Waals surface area contributed by atoms with Crippen molar-refractivity contribution in [1.29, 1.82) is 0 Å². The fraction of sp³-hybridized carbons (Fsp3) is 0.830. The number of likely N-dealkylation sites (tertiary alicyclic amines) is 4. The molecule has 4 aliphatic rings. The van der Waals surface area contributed by atoms with Crippen LogP contribution >= 0.6 is 0 Å². The van der Waals surface area contributed by atoms with E-state index in [1.54, 1.807) is 0 Å². The van der Waals surface area contributed by atoms with Gasteiger partial charge in [-0.1, -0.05) is 59.8 Å². The summed E-state index contributed by atoms with van der Waals surface area (Å²) in [6.07, 6.45) is 5.37. The van der Waals surface area contributed by atoms with Gasteiger partial charge in [0.05, 0.1) is 30.6 Å². The van der Waals surface area contributed by atoms with E-state index in [1.807, 2.05) is 27.7 Å². The van der Waals surface area contributed by atoms with E-state index in [9.17, 15) is 63.6 Å². The summed E-state index contributed by atoms with van der Waals surface area (Å²) in [5.41, 5.74) is 46.4. The van der Waals surface area contributed by atoms with Crippen molar-refractivity contribution in [2.45, 2.75) is 183 Å². The first-order chi connectivity index (χ1) is 42.5. The van der Waals surface area contributed by atoms with Crippen LogP contribution in [0.15, 0.2) is 0 Å². The minimum absolute atomic E-state index is 0.00286. The molecule has 0 unspecified atom stereocenters. The van der Waals surface area contributed by atoms with Gasteiger partial charge in [-0.15, -0.1) is 0 Å². The quantitative estimate of drug-likeness (QED) is 0.0271. The average Bonchev–Trinajstić information content (AvgIpc) is 1.68. The number of carboxylic acid groups (broad SMARTS) is 5. The van der Waals surface area contributed by atoms with Crippen LogP contribution in [0.3, 0.4) is 0 Å². The Labute approximate surface area is 537 Å². The summed E-state index contributed by atoms with van der Waals surface area (Å²) in [7, 11) is -5.78. The van der Waals surface area contributed by atoms with Gasteiger partial charge in [0.25, 0.3) is 0 Å². The summed E-state index contributed by atoms with van der Waals surface area (Å²) in [5.74, 6) is -9.15. The maximum atomic E-state index is 12.5. The number of hydrogen-bond acceptors (Lipinski definition) is 26. The summed E-state index contributed by atoms with van der Waals surface area (Å²) in [6, 6.07) is -3.31. The maximum absolute atomic E-state index is 12.5. The van der Waals surface area contributed by atoms with Crippen LogP contribution in [0.5, 0.6) is 0 Å². The lowest BCUT2D eigenvalue weighted by atomic mass is 9.78. The zero-order chi connectivity index (χ0) is 71.0. The van der Waals surface area contributed by atoms with Gasteiger partial charge >= 0.3 is 58.3 Å². The zero-order valence-corrected chi connectivity index (χ0v) is 53.4. The van der Waals surface area contributed by atoms with Gasteiger partial charge in [-0.25, -0.2) is 0 Å². The van der Waals surface area contributed by atoms with Crippen LogP contribution in [0.4, 0.5) is 0 Å². The topological polar surface area (TPSA) is 664 Å². The Hall–Kier alpha value is -5.19. The van der Waals surface area contributed by atoms with Crippen molar-refractivity contribution in [1.82, 2.24) is 19.6 Å². The number of aliphatic carboxylic acids is 5. The third-order valence-corrected chi connectivity index (χ3v) is 17.7. The highest BCUT2D eigenvalue weighted by molar-refractivity contribution is 6.41. The number of amides is 4. The smallest absolute Gasteiger partial charge is 0.451 e. The molecule has 0 aromatic carbocycles. The lowest BCUT2D eigenvalue weighted by Gasteiger charge is -2.26. The second kappa shape index (κ2) is 39.0. The molecule has 4 heterocycles. The lowest BCUT2D eigenvalue weighted by Crippen LogP contribution is -2.55. The fourth-order valence-electron chi connectivity index (χ4n) is 11.7. The van der Waals surface area contributed by atoms with Gasteiger partial charge in [-0.05, 0) is 88.6 Å². The van der Waals surface area contributed by atoms with Crippen LogP contribution < -0.4 is 51.6 Å². The third kappa shape index (κ3) is 25.5. The molecule has 0 aromatic rings. The Morgan fingerprint density at radius 2 is 0.717 bits per heavy atom. The highest BCUT2D eigenvalue weighted by Gasteiger charge is 2.55. The lowest BCUT2D eigenvalue weighted by molar-refractivity contribution is -0.146. The number of nitrogens with zero attached hydrogens (tertiary/aromatic N) is 4. The van der Waals surface area contributed by atoms with Crippen molar-refractivity contribution in [3.63, 3.8) is 0 Å². The minimum Gasteiger partial charge on any atom is -0.481 e. The molecule has 4 amide bonds. The fourth-order valence-corrected chi connectivity index (χ4v) is 11.7. The first-order valence-electron chi connectivity index (χ1n) is 31.1. The normalized spacial score (nSPS) is 25.8. The Morgan fingerprint density at radius 3 is 0.957 bits per heavy atom. The predicted molar refractivity (Wildman–Crippen MR) is 337 cm³/mol. The van der Waals surface area contributed by atoms with Crippen LogP contribution in [0.1, 0.15) is 111 Å². The average molecular weight is 1320 g/mol. The molecule has 0 aromatic heterocycles. The van der Waals surface area contributed by atoms with Gasteiger partial charge in [0, 0.05) is 76.0 Å². The Kier molecular flexibility index (Phi) is 36.0. The van der Waals surface area contributed by atoms with Crippen LogP contribution in [-0.2, 0) is 43.2 Å². The van der Waals surface area contributed by atoms with Crippen LogP contribution in [-0.4, -0.2) is 272 Å². The Bertz CT molecular complexity index is 2400. The van der Waals surface area contributed by atoms with Crippen LogP contribution in [0, 0.1) is 35.5 Å². The molecule has 4 rings (SSSR count). The van der Waals surface area contributed by atoms with Crippen molar-refractivity contribution in [2.24, 2.45) is 87.1 Å². The standard InChI is InChI=1S/2C14H28BN3O5.C13H27BN4O5.C12H22BN3O7/c1-9(2)6-11(16)12(19)18-7-10(4-3-5-15(22)23)14(17,8-18)13(20)21;1-3-9(2)11(16)12(19)18-7-10(5-4-6-15(22)23)14(17,8-18)13(20)21;15-6-2-4-10(16)11(19)18-7-9(3-1-5-14(22)23)13(17,8-18)12(20)21;14-8(4-9(17)18)10(19)16-5-7(2-1-3-13(22)23)12(15,6-16)11(20)21/h2*9-11,22-23H,3-8,16-17H2,1-2H3,(H,20,21);9-10,22-23H,1-8,15-17H2,(H,20,21);7-8,22-23H,1-6,14-15H2,(H,17,18)(H,20,21)/t10-,11-,14-;9-,10-,11-,14-;9-,10-,13-;7-,8-,12-/m0000/s1. The molecule has 4 aliphatic heterocycles. The number of carbonyl (C=O) groups is 9. The number of carbonyl (C=O) groups excluding carboxylic acids is 4. The van der Waals surface area contributed by atoms with E-state index in [2.05, 4.69) is 0 Å². The van der Waals surface area contributed by atoms with E-state index >= 15 is 0 Å². The molecule has 0 saturated carbocycles. The molecule has 0 spiro atoms. The van der Waals surface area contributed by atoms with E-state index in [-0.39, 0.29) is 107 Å². The van der Waals surface area contributed by atoms with Crippen molar-refractivity contribution < 1.29 is 109 Å². The van der Waals surface area contributed by atoms with E-state index in [4.69, 9.17) is 96.9 Å². The number of nitrogens with two attached hydrogens (primary N) is 9. The second-order valence-corrected chi connectivity index (χ2v) is 25.6. The molecule has 0 aliphatic carbocycles. The first-order valence-corrected chi connectivity index (χ1v) is 31.1. The molecule has 526 valence electrons.